The average molecular weight is 303 g/mol. The van der Waals surface area contributed by atoms with Crippen LogP contribution in [0.5, 0.6) is 0 Å². The molecule has 1 aromatic heterocycles. The van der Waals surface area contributed by atoms with E-state index in [1.807, 2.05) is 6.92 Å². The maximum Gasteiger partial charge on any atom is 0.269 e. The second-order valence-electron chi connectivity index (χ2n) is 5.82. The summed E-state index contributed by atoms with van der Waals surface area (Å²) in [5.41, 5.74) is 0.0698. The summed E-state index contributed by atoms with van der Waals surface area (Å²) in [5, 5.41) is 6.88. The van der Waals surface area contributed by atoms with Crippen LogP contribution in [0.1, 0.15) is 32.6 Å². The van der Waals surface area contributed by atoms with Crippen molar-refractivity contribution in [2.24, 2.45) is 5.16 Å². The average Bonchev–Trinajstić information content (AvgIpc) is 2.97. The summed E-state index contributed by atoms with van der Waals surface area (Å²) in [6, 6.07) is 1.80. The molecule has 1 aromatic rings. The molecule has 22 heavy (non-hydrogen) atoms. The number of anilines is 1. The van der Waals surface area contributed by atoms with E-state index in [0.29, 0.717) is 31.2 Å². The van der Waals surface area contributed by atoms with Crippen LogP contribution in [0.15, 0.2) is 23.6 Å². The Hall–Kier alpha value is -2.18. The quantitative estimate of drug-likeness (QED) is 0.901. The van der Waals surface area contributed by atoms with Crippen molar-refractivity contribution in [3.63, 3.8) is 0 Å². The fourth-order valence-corrected chi connectivity index (χ4v) is 2.93. The molecule has 1 N–H and O–H groups in total. The van der Waals surface area contributed by atoms with Crippen molar-refractivity contribution in [1.29, 1.82) is 0 Å². The predicted octanol–water partition coefficient (Wildman–Crippen LogP) is 1.12. The van der Waals surface area contributed by atoms with Gasteiger partial charge in [0.15, 0.2) is 5.60 Å². The lowest BCUT2D eigenvalue weighted by molar-refractivity contribution is -0.114. The summed E-state index contributed by atoms with van der Waals surface area (Å²) in [7, 11) is 0. The first-order valence-corrected chi connectivity index (χ1v) is 7.78. The minimum Gasteiger partial charge on any atom is -0.386 e. The van der Waals surface area contributed by atoms with E-state index in [-0.39, 0.29) is 5.91 Å². The topological polar surface area (TPSA) is 79.7 Å². The number of oxime groups is 1. The second kappa shape index (κ2) is 6.29. The maximum absolute atomic E-state index is 12.0. The standard InChI is InChI=1S/C15H21N5O2/c1-2-6-16-13(21)12-10-15(22-19-12)5-3-9-20(11-15)14-17-7-4-8-18-14/h4,7-8H,2-3,5-6,9-11H2,1H3,(H,16,21). The predicted molar refractivity (Wildman–Crippen MR) is 82.6 cm³/mol. The van der Waals surface area contributed by atoms with Gasteiger partial charge in [0.25, 0.3) is 5.91 Å². The highest BCUT2D eigenvalue weighted by Gasteiger charge is 2.45. The molecule has 1 fully saturated rings. The van der Waals surface area contributed by atoms with Gasteiger partial charge in [-0.15, -0.1) is 0 Å². The molecule has 3 heterocycles. The van der Waals surface area contributed by atoms with Crippen molar-refractivity contribution in [3.05, 3.63) is 18.5 Å². The van der Waals surface area contributed by atoms with E-state index in [9.17, 15) is 4.79 Å². The van der Waals surface area contributed by atoms with Crippen LogP contribution in [0.4, 0.5) is 5.95 Å². The lowest BCUT2D eigenvalue weighted by Crippen LogP contribution is -2.49. The zero-order chi connectivity index (χ0) is 15.4. The molecule has 7 heteroatoms. The zero-order valence-corrected chi connectivity index (χ0v) is 12.8. The Bertz CT molecular complexity index is 562. The monoisotopic (exact) mass is 303 g/mol. The number of carbonyl (C=O) groups excluding carboxylic acids is 1. The molecule has 1 amide bonds. The van der Waals surface area contributed by atoms with Gasteiger partial charge in [-0.05, 0) is 25.3 Å². The first-order valence-electron chi connectivity index (χ1n) is 7.78. The number of nitrogens with one attached hydrogen (secondary N) is 1. The minimum atomic E-state index is -0.420. The van der Waals surface area contributed by atoms with Gasteiger partial charge in [0, 0.05) is 31.9 Å². The molecule has 1 unspecified atom stereocenters. The lowest BCUT2D eigenvalue weighted by Gasteiger charge is -2.38. The van der Waals surface area contributed by atoms with Crippen LogP contribution in [0, 0.1) is 0 Å². The van der Waals surface area contributed by atoms with Crippen molar-refractivity contribution in [2.45, 2.75) is 38.2 Å². The molecule has 3 rings (SSSR count). The molecule has 0 radical (unpaired) electrons. The number of nitrogens with zero attached hydrogens (tertiary/aromatic N) is 4. The SMILES string of the molecule is CCCNC(=O)C1=NOC2(CCCN(c3ncccn3)C2)C1. The van der Waals surface area contributed by atoms with Gasteiger partial charge in [-0.1, -0.05) is 12.1 Å². The highest BCUT2D eigenvalue weighted by Crippen LogP contribution is 2.34. The fourth-order valence-electron chi connectivity index (χ4n) is 2.93. The summed E-state index contributed by atoms with van der Waals surface area (Å²) in [4.78, 5) is 28.4. The van der Waals surface area contributed by atoms with Crippen LogP contribution in [-0.4, -0.2) is 46.8 Å². The Morgan fingerprint density at radius 3 is 3.05 bits per heavy atom. The fraction of sp³-hybridized carbons (Fsp3) is 0.600. The highest BCUT2D eigenvalue weighted by molar-refractivity contribution is 6.39. The number of aromatic nitrogens is 2. The lowest BCUT2D eigenvalue weighted by atomic mass is 9.88. The normalized spacial score (nSPS) is 24.0. The minimum absolute atomic E-state index is 0.119. The van der Waals surface area contributed by atoms with Gasteiger partial charge in [0.2, 0.25) is 5.95 Å². The molecule has 0 saturated carbocycles. The third kappa shape index (κ3) is 3.03. The van der Waals surface area contributed by atoms with Gasteiger partial charge >= 0.3 is 0 Å². The van der Waals surface area contributed by atoms with Crippen LogP contribution >= 0.6 is 0 Å². The number of hydrogen-bond donors (Lipinski definition) is 1. The van der Waals surface area contributed by atoms with E-state index in [2.05, 4.69) is 25.3 Å². The molecule has 1 saturated heterocycles. The molecule has 2 aliphatic rings. The van der Waals surface area contributed by atoms with Crippen molar-refractivity contribution in [2.75, 3.05) is 24.5 Å². The summed E-state index contributed by atoms with van der Waals surface area (Å²) in [6.45, 7) is 4.24. The van der Waals surface area contributed by atoms with Gasteiger partial charge in [-0.25, -0.2) is 9.97 Å². The molecular formula is C15H21N5O2. The van der Waals surface area contributed by atoms with Crippen LogP contribution in [0.3, 0.4) is 0 Å². The van der Waals surface area contributed by atoms with E-state index in [1.165, 1.54) is 0 Å². The van der Waals surface area contributed by atoms with Gasteiger partial charge in [0.05, 0.1) is 6.54 Å². The van der Waals surface area contributed by atoms with E-state index in [1.54, 1.807) is 18.5 Å². The molecule has 118 valence electrons. The summed E-state index contributed by atoms with van der Waals surface area (Å²) in [6.07, 6.45) is 6.79. The molecule has 0 aliphatic carbocycles. The molecule has 0 bridgehead atoms. The molecule has 2 aliphatic heterocycles. The largest absolute Gasteiger partial charge is 0.386 e. The van der Waals surface area contributed by atoms with Crippen molar-refractivity contribution in [3.8, 4) is 0 Å². The van der Waals surface area contributed by atoms with Crippen molar-refractivity contribution >= 4 is 17.6 Å². The maximum atomic E-state index is 12.0. The third-order valence-corrected chi connectivity index (χ3v) is 4.01. The molecule has 1 spiro atoms. The smallest absolute Gasteiger partial charge is 0.269 e. The van der Waals surface area contributed by atoms with E-state index in [0.717, 1.165) is 25.8 Å². The Morgan fingerprint density at radius 1 is 1.45 bits per heavy atom. The van der Waals surface area contributed by atoms with E-state index in [4.69, 9.17) is 4.84 Å². The molecule has 0 aromatic carbocycles. The Labute approximate surface area is 129 Å². The number of hydrogen-bond acceptors (Lipinski definition) is 6. The van der Waals surface area contributed by atoms with E-state index >= 15 is 0 Å². The van der Waals surface area contributed by atoms with Crippen LogP contribution in [-0.2, 0) is 9.63 Å². The van der Waals surface area contributed by atoms with E-state index < -0.39 is 5.60 Å². The number of rotatable bonds is 4. The molecular weight excluding hydrogens is 282 g/mol. The van der Waals surface area contributed by atoms with Gasteiger partial charge in [-0.2, -0.15) is 0 Å². The third-order valence-electron chi connectivity index (χ3n) is 4.01. The van der Waals surface area contributed by atoms with Crippen molar-refractivity contribution < 1.29 is 9.63 Å². The van der Waals surface area contributed by atoms with Gasteiger partial charge in [0.1, 0.15) is 5.71 Å². The number of carbonyl (C=O) groups is 1. The highest BCUT2D eigenvalue weighted by atomic mass is 16.7. The van der Waals surface area contributed by atoms with Crippen LogP contribution < -0.4 is 10.2 Å². The van der Waals surface area contributed by atoms with Crippen LogP contribution in [0.25, 0.3) is 0 Å². The summed E-state index contributed by atoms with van der Waals surface area (Å²) < 4.78 is 0. The first kappa shape index (κ1) is 14.7. The number of amides is 1. The van der Waals surface area contributed by atoms with Crippen molar-refractivity contribution in [1.82, 2.24) is 15.3 Å². The Balaban J connectivity index is 1.64. The molecule has 1 atom stereocenters. The van der Waals surface area contributed by atoms with Gasteiger partial charge < -0.3 is 15.1 Å². The summed E-state index contributed by atoms with van der Waals surface area (Å²) in [5.74, 6) is 0.584. The summed E-state index contributed by atoms with van der Waals surface area (Å²) >= 11 is 0. The zero-order valence-electron chi connectivity index (χ0n) is 12.8. The van der Waals surface area contributed by atoms with Crippen LogP contribution in [0.2, 0.25) is 0 Å². The van der Waals surface area contributed by atoms with Gasteiger partial charge in [-0.3, -0.25) is 4.79 Å². The Morgan fingerprint density at radius 2 is 2.27 bits per heavy atom. The first-order chi connectivity index (χ1) is 10.7. The second-order valence-corrected chi connectivity index (χ2v) is 5.82. The molecule has 7 nitrogen and oxygen atoms in total. The number of piperidine rings is 1. The Kier molecular flexibility index (Phi) is 4.22.